The molecule has 0 radical (unpaired) electrons. The predicted octanol–water partition coefficient (Wildman–Crippen LogP) is 4.41. The monoisotopic (exact) mass is 491 g/mol. The summed E-state index contributed by atoms with van der Waals surface area (Å²) in [4.78, 5) is 14.6. The van der Waals surface area contributed by atoms with Crippen LogP contribution >= 0.6 is 0 Å². The van der Waals surface area contributed by atoms with E-state index in [4.69, 9.17) is 4.74 Å². The minimum Gasteiger partial charge on any atom is -0.389 e. The number of rotatable bonds is 1. The summed E-state index contributed by atoms with van der Waals surface area (Å²) in [6, 6.07) is 0. The van der Waals surface area contributed by atoms with E-state index in [1.165, 1.54) is 0 Å². The molecule has 0 bridgehead atoms. The van der Waals surface area contributed by atoms with Crippen molar-refractivity contribution in [3.63, 3.8) is 0 Å². The van der Waals surface area contributed by atoms with Crippen molar-refractivity contribution in [2.75, 3.05) is 33.3 Å². The lowest BCUT2D eigenvalue weighted by Crippen LogP contribution is -2.38. The molecular formula is C28H46FN3O3. The van der Waals surface area contributed by atoms with Gasteiger partial charge in [0.15, 0.2) is 0 Å². The number of aliphatic hydroxyl groups is 1. The van der Waals surface area contributed by atoms with Crippen molar-refractivity contribution in [2.45, 2.75) is 71.8 Å². The number of nitrogens with one attached hydrogen (secondary N) is 2. The number of halogens is 1. The fraction of sp³-hybridized carbons (Fsp3) is 0.607. The molecule has 3 N–H and O–H groups in total. The molecule has 0 spiro atoms. The maximum atomic E-state index is 14.6. The zero-order valence-corrected chi connectivity index (χ0v) is 22.2. The quantitative estimate of drug-likeness (QED) is 0.474. The van der Waals surface area contributed by atoms with Crippen molar-refractivity contribution in [3.8, 4) is 0 Å². The number of allylic oxidation sites excluding steroid dienone is 4. The highest BCUT2D eigenvalue weighted by Gasteiger charge is 2.18. The number of hydrogen-bond donors (Lipinski definition) is 3. The van der Waals surface area contributed by atoms with Gasteiger partial charge in [0.1, 0.15) is 6.17 Å². The Morgan fingerprint density at radius 2 is 2.06 bits per heavy atom. The SMILES string of the molecule is C=C1/C=C/[C@@H](C)COC(C)CNC(=O)/C(=C/CC)N(C)CCC(F)CC(O)/C=C(C)/C=C/CCN1. The van der Waals surface area contributed by atoms with Gasteiger partial charge in [-0.1, -0.05) is 56.4 Å². The van der Waals surface area contributed by atoms with Gasteiger partial charge in [-0.15, -0.1) is 0 Å². The van der Waals surface area contributed by atoms with Gasteiger partial charge in [-0.3, -0.25) is 4.79 Å². The first-order valence-corrected chi connectivity index (χ1v) is 12.7. The molecule has 3 unspecified atom stereocenters. The lowest BCUT2D eigenvalue weighted by molar-refractivity contribution is -0.119. The summed E-state index contributed by atoms with van der Waals surface area (Å²) >= 11 is 0. The standard InChI is InChI=1S/C28H46FN3O3/c1-7-10-27-28(34)31-19-24(5)35-20-22(3)12-13-23(4)30-15-9-8-11-21(2)17-26(33)18-25(29)14-16-32(27)6/h8,10-13,17,22,24-26,30,33H,4,7,9,14-16,18-20H2,1-3,5-6H3,(H,31,34)/b11-8+,13-12+,21-17+,27-10-/t22-,24?,25?,26?/m1/s1. The molecular weight excluding hydrogens is 445 g/mol. The molecule has 0 saturated carbocycles. The van der Waals surface area contributed by atoms with Crippen LogP contribution in [0.15, 0.2) is 60.0 Å². The second-order valence-electron chi connectivity index (χ2n) is 9.35. The number of hydrogen-bond acceptors (Lipinski definition) is 5. The first-order chi connectivity index (χ1) is 16.6. The Hall–Kier alpha value is -2.38. The van der Waals surface area contributed by atoms with Crippen LogP contribution in [0.3, 0.4) is 0 Å². The van der Waals surface area contributed by atoms with E-state index < -0.39 is 12.3 Å². The predicted molar refractivity (Wildman–Crippen MR) is 143 cm³/mol. The third-order valence-corrected chi connectivity index (χ3v) is 5.64. The average molecular weight is 492 g/mol. The lowest BCUT2D eigenvalue weighted by Gasteiger charge is -2.24. The van der Waals surface area contributed by atoms with Gasteiger partial charge in [0.2, 0.25) is 0 Å². The summed E-state index contributed by atoms with van der Waals surface area (Å²) in [5.74, 6) is 0.00189. The Balaban J connectivity index is 2.90. The number of likely N-dealkylation sites (N-methyl/N-ethyl adjacent to an activating group) is 1. The topological polar surface area (TPSA) is 73.8 Å². The molecule has 0 saturated heterocycles. The summed E-state index contributed by atoms with van der Waals surface area (Å²) in [5, 5.41) is 16.5. The van der Waals surface area contributed by atoms with Crippen LogP contribution in [-0.4, -0.2) is 67.6 Å². The molecule has 1 heterocycles. The average Bonchev–Trinajstić information content (AvgIpc) is 2.80. The van der Waals surface area contributed by atoms with E-state index in [9.17, 15) is 14.3 Å². The number of aliphatic hydroxyl groups excluding tert-OH is 1. The van der Waals surface area contributed by atoms with Crippen LogP contribution in [0.1, 0.15) is 53.4 Å². The molecule has 1 aliphatic heterocycles. The van der Waals surface area contributed by atoms with E-state index >= 15 is 0 Å². The molecule has 4 atom stereocenters. The Morgan fingerprint density at radius 1 is 1.31 bits per heavy atom. The summed E-state index contributed by atoms with van der Waals surface area (Å²) in [5.41, 5.74) is 2.24. The van der Waals surface area contributed by atoms with Gasteiger partial charge in [-0.05, 0) is 45.1 Å². The first-order valence-electron chi connectivity index (χ1n) is 12.7. The summed E-state index contributed by atoms with van der Waals surface area (Å²) < 4.78 is 20.5. The molecule has 35 heavy (non-hydrogen) atoms. The van der Waals surface area contributed by atoms with Crippen molar-refractivity contribution in [1.29, 1.82) is 0 Å². The third-order valence-electron chi connectivity index (χ3n) is 5.64. The van der Waals surface area contributed by atoms with Crippen molar-refractivity contribution >= 4 is 5.91 Å². The number of alkyl halides is 1. The Bertz CT molecular complexity index is 775. The maximum Gasteiger partial charge on any atom is 0.267 e. The maximum absolute atomic E-state index is 14.6. The highest BCUT2D eigenvalue weighted by Crippen LogP contribution is 2.13. The molecule has 6 nitrogen and oxygen atoms in total. The molecule has 0 aromatic carbocycles. The van der Waals surface area contributed by atoms with E-state index in [0.717, 1.165) is 24.2 Å². The normalized spacial score (nSPS) is 32.0. The minimum atomic E-state index is -1.17. The van der Waals surface area contributed by atoms with Gasteiger partial charge in [-0.25, -0.2) is 4.39 Å². The molecule has 7 heteroatoms. The fourth-order valence-corrected chi connectivity index (χ4v) is 3.56. The zero-order valence-electron chi connectivity index (χ0n) is 22.2. The second kappa shape index (κ2) is 17.1. The van der Waals surface area contributed by atoms with E-state index in [-0.39, 0.29) is 30.8 Å². The van der Waals surface area contributed by atoms with Crippen LogP contribution in [0, 0.1) is 5.92 Å². The summed E-state index contributed by atoms with van der Waals surface area (Å²) in [6.07, 6.45) is 11.1. The van der Waals surface area contributed by atoms with Crippen molar-refractivity contribution in [2.24, 2.45) is 5.92 Å². The number of carbonyl (C=O) groups excluding carboxylic acids is 1. The van der Waals surface area contributed by atoms with Crippen LogP contribution in [-0.2, 0) is 9.53 Å². The molecule has 0 fully saturated rings. The van der Waals surface area contributed by atoms with Gasteiger partial charge >= 0.3 is 0 Å². The second-order valence-corrected chi connectivity index (χ2v) is 9.35. The molecule has 1 amide bonds. The largest absolute Gasteiger partial charge is 0.389 e. The van der Waals surface area contributed by atoms with E-state index in [1.54, 1.807) is 18.0 Å². The minimum absolute atomic E-state index is 0.0268. The number of nitrogens with zero attached hydrogens (tertiary/aromatic N) is 1. The van der Waals surface area contributed by atoms with E-state index in [2.05, 4.69) is 30.2 Å². The van der Waals surface area contributed by atoms with Crippen molar-refractivity contribution in [3.05, 3.63) is 60.0 Å². The molecule has 0 aliphatic carbocycles. The number of amides is 1. The Kier molecular flexibility index (Phi) is 15.0. The van der Waals surface area contributed by atoms with E-state index in [0.29, 0.717) is 31.8 Å². The van der Waals surface area contributed by atoms with Gasteiger partial charge in [0.25, 0.3) is 5.91 Å². The van der Waals surface area contributed by atoms with Gasteiger partial charge in [0, 0.05) is 38.8 Å². The van der Waals surface area contributed by atoms with Crippen LogP contribution in [0.5, 0.6) is 0 Å². The summed E-state index contributed by atoms with van der Waals surface area (Å²) in [6.45, 7) is 13.9. The molecule has 1 rings (SSSR count). The van der Waals surface area contributed by atoms with Crippen molar-refractivity contribution < 1.29 is 19.0 Å². The molecule has 0 aromatic heterocycles. The van der Waals surface area contributed by atoms with Gasteiger partial charge in [-0.2, -0.15) is 0 Å². The third kappa shape index (κ3) is 13.9. The smallest absolute Gasteiger partial charge is 0.267 e. The lowest BCUT2D eigenvalue weighted by atomic mass is 10.1. The first kappa shape index (κ1) is 30.7. The highest BCUT2D eigenvalue weighted by atomic mass is 19.1. The van der Waals surface area contributed by atoms with Crippen LogP contribution < -0.4 is 10.6 Å². The van der Waals surface area contributed by atoms with Gasteiger partial charge < -0.3 is 25.4 Å². The molecule has 0 aromatic rings. The van der Waals surface area contributed by atoms with Crippen molar-refractivity contribution in [1.82, 2.24) is 15.5 Å². The Morgan fingerprint density at radius 3 is 2.77 bits per heavy atom. The number of carbonyl (C=O) groups is 1. The summed E-state index contributed by atoms with van der Waals surface area (Å²) in [7, 11) is 1.79. The molecule has 198 valence electrons. The van der Waals surface area contributed by atoms with Crippen LogP contribution in [0.2, 0.25) is 0 Å². The highest BCUT2D eigenvalue weighted by molar-refractivity contribution is 5.92. The Labute approximate surface area is 211 Å². The fourth-order valence-electron chi connectivity index (χ4n) is 3.56. The van der Waals surface area contributed by atoms with E-state index in [1.807, 2.05) is 45.1 Å². The zero-order chi connectivity index (χ0) is 26.2. The number of ether oxygens (including phenoxy) is 1. The van der Waals surface area contributed by atoms with Gasteiger partial charge in [0.05, 0.1) is 24.5 Å². The van der Waals surface area contributed by atoms with Crippen LogP contribution in [0.4, 0.5) is 4.39 Å². The molecule has 1 aliphatic rings. The van der Waals surface area contributed by atoms with Crippen LogP contribution in [0.25, 0.3) is 0 Å².